The zero-order valence-electron chi connectivity index (χ0n) is 12.6. The highest BCUT2D eigenvalue weighted by Gasteiger charge is 2.28. The van der Waals surface area contributed by atoms with Crippen LogP contribution in [0.3, 0.4) is 0 Å². The van der Waals surface area contributed by atoms with E-state index in [0.29, 0.717) is 0 Å². The molecule has 2 rings (SSSR count). The predicted molar refractivity (Wildman–Crippen MR) is 79.4 cm³/mol. The van der Waals surface area contributed by atoms with E-state index in [1.807, 2.05) is 13.0 Å². The molecule has 1 atom stereocenters. The number of hydrogen-bond acceptors (Lipinski definition) is 1. The van der Waals surface area contributed by atoms with E-state index in [1.165, 1.54) is 24.0 Å². The van der Waals surface area contributed by atoms with Gasteiger partial charge in [0.25, 0.3) is 0 Å². The third-order valence-corrected chi connectivity index (χ3v) is 4.13. The largest absolute Gasteiger partial charge is 0.389 e. The van der Waals surface area contributed by atoms with Crippen molar-refractivity contribution in [2.24, 2.45) is 0 Å². The Morgan fingerprint density at radius 3 is 2.52 bits per heavy atom. The number of halogens is 3. The van der Waals surface area contributed by atoms with Crippen molar-refractivity contribution in [2.75, 3.05) is 6.54 Å². The van der Waals surface area contributed by atoms with Crippen molar-refractivity contribution < 1.29 is 13.2 Å². The van der Waals surface area contributed by atoms with Crippen molar-refractivity contribution in [3.8, 4) is 0 Å². The summed E-state index contributed by atoms with van der Waals surface area (Å²) in [5.74, 6) is 0. The average Bonchev–Trinajstić information content (AvgIpc) is 2.46. The van der Waals surface area contributed by atoms with Gasteiger partial charge < -0.3 is 5.32 Å². The number of aryl methyl sites for hydroxylation is 2. The van der Waals surface area contributed by atoms with Crippen LogP contribution in [0.4, 0.5) is 13.2 Å². The lowest BCUT2D eigenvalue weighted by Gasteiger charge is -2.23. The van der Waals surface area contributed by atoms with Crippen LogP contribution in [0.15, 0.2) is 18.2 Å². The minimum absolute atomic E-state index is 0.113. The Bertz CT molecular complexity index is 454. The molecule has 118 valence electrons. The normalized spacial score (nSPS) is 16.6. The summed E-state index contributed by atoms with van der Waals surface area (Å²) in [5, 5.41) is 3.27. The standard InChI is InChI=1S/C17H24F3N/c1-2-11-21-16(9-10-17(18,19)20)15-8-7-13-5-3-4-6-14(13)12-15/h7-8,12,16,21H,2-6,9-11H2,1H3. The van der Waals surface area contributed by atoms with E-state index in [0.717, 1.165) is 31.4 Å². The Morgan fingerprint density at radius 2 is 1.86 bits per heavy atom. The Balaban J connectivity index is 2.11. The topological polar surface area (TPSA) is 12.0 Å². The zero-order chi connectivity index (χ0) is 15.3. The van der Waals surface area contributed by atoms with Crippen molar-refractivity contribution in [2.45, 2.75) is 64.1 Å². The van der Waals surface area contributed by atoms with E-state index in [4.69, 9.17) is 0 Å². The molecule has 0 radical (unpaired) electrons. The second-order valence-corrected chi connectivity index (χ2v) is 5.90. The monoisotopic (exact) mass is 299 g/mol. The van der Waals surface area contributed by atoms with Crippen molar-refractivity contribution in [3.05, 3.63) is 34.9 Å². The molecule has 4 heteroatoms. The Morgan fingerprint density at radius 1 is 1.14 bits per heavy atom. The Hall–Kier alpha value is -1.03. The molecule has 0 saturated carbocycles. The fraction of sp³-hybridized carbons (Fsp3) is 0.647. The van der Waals surface area contributed by atoms with Crippen LogP contribution in [0.1, 0.15) is 61.8 Å². The highest BCUT2D eigenvalue weighted by molar-refractivity contribution is 5.35. The van der Waals surface area contributed by atoms with Gasteiger partial charge in [-0.25, -0.2) is 0 Å². The first kappa shape index (κ1) is 16.3. The minimum Gasteiger partial charge on any atom is -0.310 e. The van der Waals surface area contributed by atoms with E-state index in [9.17, 15) is 13.2 Å². The molecule has 1 aromatic carbocycles. The molecule has 1 N–H and O–H groups in total. The lowest BCUT2D eigenvalue weighted by molar-refractivity contribution is -0.136. The van der Waals surface area contributed by atoms with Gasteiger partial charge in [0.15, 0.2) is 0 Å². The molecule has 0 aromatic heterocycles. The van der Waals surface area contributed by atoms with Crippen molar-refractivity contribution in [1.82, 2.24) is 5.32 Å². The summed E-state index contributed by atoms with van der Waals surface area (Å²) >= 11 is 0. The summed E-state index contributed by atoms with van der Waals surface area (Å²) in [7, 11) is 0. The smallest absolute Gasteiger partial charge is 0.310 e. The average molecular weight is 299 g/mol. The van der Waals surface area contributed by atoms with Crippen molar-refractivity contribution in [3.63, 3.8) is 0 Å². The van der Waals surface area contributed by atoms with Crippen LogP contribution >= 0.6 is 0 Å². The summed E-state index contributed by atoms with van der Waals surface area (Å²) in [5.41, 5.74) is 3.71. The van der Waals surface area contributed by atoms with Gasteiger partial charge >= 0.3 is 6.18 Å². The fourth-order valence-electron chi connectivity index (χ4n) is 2.98. The highest BCUT2D eigenvalue weighted by Crippen LogP contribution is 2.30. The molecule has 1 aliphatic rings. The van der Waals surface area contributed by atoms with Crippen LogP contribution in [0, 0.1) is 0 Å². The molecule has 0 amide bonds. The second-order valence-electron chi connectivity index (χ2n) is 5.90. The maximum absolute atomic E-state index is 12.5. The van der Waals surface area contributed by atoms with Crippen LogP contribution in [-0.4, -0.2) is 12.7 Å². The van der Waals surface area contributed by atoms with E-state index >= 15 is 0 Å². The first-order valence-corrected chi connectivity index (χ1v) is 7.91. The van der Waals surface area contributed by atoms with Gasteiger partial charge in [-0.3, -0.25) is 0 Å². The van der Waals surface area contributed by atoms with Crippen LogP contribution in [-0.2, 0) is 12.8 Å². The van der Waals surface area contributed by atoms with Crippen molar-refractivity contribution in [1.29, 1.82) is 0 Å². The molecule has 1 aromatic rings. The van der Waals surface area contributed by atoms with Gasteiger partial charge in [0.05, 0.1) is 0 Å². The highest BCUT2D eigenvalue weighted by atomic mass is 19.4. The van der Waals surface area contributed by atoms with Gasteiger partial charge in [-0.1, -0.05) is 25.1 Å². The number of nitrogens with one attached hydrogen (secondary N) is 1. The Labute approximate surface area is 124 Å². The summed E-state index contributed by atoms with van der Waals surface area (Å²) in [6.07, 6.45) is 0.791. The van der Waals surface area contributed by atoms with E-state index in [-0.39, 0.29) is 12.5 Å². The first-order valence-electron chi connectivity index (χ1n) is 7.91. The van der Waals surface area contributed by atoms with Gasteiger partial charge in [0, 0.05) is 12.5 Å². The van der Waals surface area contributed by atoms with Crippen LogP contribution in [0.25, 0.3) is 0 Å². The maximum Gasteiger partial charge on any atom is 0.389 e. The van der Waals surface area contributed by atoms with E-state index < -0.39 is 12.6 Å². The van der Waals surface area contributed by atoms with E-state index in [1.54, 1.807) is 0 Å². The molecule has 1 nitrogen and oxygen atoms in total. The van der Waals surface area contributed by atoms with Gasteiger partial charge in [-0.05, 0) is 61.8 Å². The predicted octanol–water partition coefficient (Wildman–Crippen LogP) is 4.95. The molecule has 0 fully saturated rings. The fourth-order valence-corrected chi connectivity index (χ4v) is 2.98. The van der Waals surface area contributed by atoms with Crippen LogP contribution in [0.2, 0.25) is 0 Å². The molecule has 0 spiro atoms. The minimum atomic E-state index is -4.08. The Kier molecular flexibility index (Phi) is 5.68. The number of fused-ring (bicyclic) bond motifs is 1. The zero-order valence-corrected chi connectivity index (χ0v) is 12.6. The van der Waals surface area contributed by atoms with Gasteiger partial charge in [0.2, 0.25) is 0 Å². The number of hydrogen-bond donors (Lipinski definition) is 1. The molecule has 0 bridgehead atoms. The van der Waals surface area contributed by atoms with Crippen molar-refractivity contribution >= 4 is 0 Å². The van der Waals surface area contributed by atoms with E-state index in [2.05, 4.69) is 17.4 Å². The van der Waals surface area contributed by atoms with Gasteiger partial charge in [-0.15, -0.1) is 0 Å². The number of alkyl halides is 3. The third kappa shape index (κ3) is 5.03. The molecular weight excluding hydrogens is 275 g/mol. The van der Waals surface area contributed by atoms with Crippen LogP contribution in [0.5, 0.6) is 0 Å². The maximum atomic E-state index is 12.5. The molecule has 0 heterocycles. The summed E-state index contributed by atoms with van der Waals surface area (Å²) in [6.45, 7) is 2.78. The lowest BCUT2D eigenvalue weighted by atomic mass is 9.88. The third-order valence-electron chi connectivity index (χ3n) is 4.13. The number of benzene rings is 1. The molecular formula is C17H24F3N. The summed E-state index contributed by atoms with van der Waals surface area (Å²) in [6, 6.07) is 6.04. The number of rotatable bonds is 6. The summed E-state index contributed by atoms with van der Waals surface area (Å²) in [4.78, 5) is 0. The molecule has 0 saturated heterocycles. The first-order chi connectivity index (χ1) is 9.99. The van der Waals surface area contributed by atoms with Gasteiger partial charge in [-0.2, -0.15) is 13.2 Å². The quantitative estimate of drug-likeness (QED) is 0.784. The lowest BCUT2D eigenvalue weighted by Crippen LogP contribution is -2.24. The molecule has 0 aliphatic heterocycles. The summed E-state index contributed by atoms with van der Waals surface area (Å²) < 4.78 is 37.5. The SMILES string of the molecule is CCCNC(CCC(F)(F)F)c1ccc2c(c1)CCCC2. The molecule has 1 unspecified atom stereocenters. The van der Waals surface area contributed by atoms with Gasteiger partial charge in [0.1, 0.15) is 0 Å². The molecule has 1 aliphatic carbocycles. The second kappa shape index (κ2) is 7.30. The van der Waals surface area contributed by atoms with Crippen LogP contribution < -0.4 is 5.32 Å². The molecule has 21 heavy (non-hydrogen) atoms.